The number of hydrogen-bond donors (Lipinski definition) is 0. The van der Waals surface area contributed by atoms with Crippen molar-refractivity contribution in [2.45, 2.75) is 13.1 Å². The van der Waals surface area contributed by atoms with Crippen LogP contribution in [0.1, 0.15) is 11.1 Å². The Kier molecular flexibility index (Phi) is 4.26. The van der Waals surface area contributed by atoms with Gasteiger partial charge >= 0.3 is 11.9 Å². The van der Waals surface area contributed by atoms with Crippen LogP contribution in [-0.4, -0.2) is 9.13 Å². The Labute approximate surface area is 153 Å². The molecule has 2 aromatic carbocycles. The van der Waals surface area contributed by atoms with E-state index in [9.17, 15) is 22.8 Å². The first-order valence-corrected chi connectivity index (χ1v) is 8.30. The summed E-state index contributed by atoms with van der Waals surface area (Å²) in [5.74, 6) is 0. The number of benzene rings is 2. The topological polar surface area (TPSA) is 44.0 Å². The summed E-state index contributed by atoms with van der Waals surface area (Å²) in [6.07, 6.45) is -4.68. The van der Waals surface area contributed by atoms with Gasteiger partial charge in [-0.3, -0.25) is 9.36 Å². The van der Waals surface area contributed by atoms with E-state index < -0.39 is 28.7 Å². The molecule has 0 atom stereocenters. The summed E-state index contributed by atoms with van der Waals surface area (Å²) < 4.78 is 42.6. The average molecular weight is 460 g/mol. The molecule has 0 aliphatic heterocycles. The predicted molar refractivity (Wildman–Crippen MR) is 97.2 cm³/mol. The number of fused-ring (bicyclic) bond motifs is 1. The van der Waals surface area contributed by atoms with Crippen LogP contribution in [0, 0.1) is 10.5 Å². The maximum Gasteiger partial charge on any atom is 0.418 e. The van der Waals surface area contributed by atoms with Crippen LogP contribution in [0.4, 0.5) is 13.2 Å². The van der Waals surface area contributed by atoms with E-state index >= 15 is 0 Å². The first-order chi connectivity index (χ1) is 11.6. The summed E-state index contributed by atoms with van der Waals surface area (Å²) >= 11 is 2.04. The van der Waals surface area contributed by atoms with Crippen molar-refractivity contribution < 1.29 is 13.2 Å². The summed E-state index contributed by atoms with van der Waals surface area (Å²) in [7, 11) is 1.43. The van der Waals surface area contributed by atoms with E-state index in [4.69, 9.17) is 0 Å². The lowest BCUT2D eigenvalue weighted by molar-refractivity contribution is -0.137. The third-order valence-corrected chi connectivity index (χ3v) is 5.25. The molecule has 4 nitrogen and oxygen atoms in total. The molecule has 8 heteroatoms. The molecule has 3 rings (SSSR count). The van der Waals surface area contributed by atoms with Crippen LogP contribution in [0.5, 0.6) is 0 Å². The SMILES string of the molecule is Cc1c(I)ccc2c1c(=O)n(-c1ccccc1C(F)(F)F)c(=O)n2C. The standard InChI is InChI=1S/C17H12F3IN2O2/c1-9-11(21)7-8-13-14(9)15(24)23(16(25)22(13)2)12-6-4-3-5-10(12)17(18,19)20/h3-8H,1-2H3. The number of para-hydroxylation sites is 1. The third kappa shape index (κ3) is 2.78. The Morgan fingerprint density at radius 2 is 1.68 bits per heavy atom. The number of aryl methyl sites for hydroxylation is 2. The van der Waals surface area contributed by atoms with Gasteiger partial charge in [0.25, 0.3) is 5.56 Å². The Balaban J connectivity index is 2.55. The van der Waals surface area contributed by atoms with Gasteiger partial charge in [-0.15, -0.1) is 0 Å². The Hall–Kier alpha value is -2.10. The fraction of sp³-hybridized carbons (Fsp3) is 0.176. The van der Waals surface area contributed by atoms with Gasteiger partial charge in [-0.05, 0) is 59.3 Å². The first-order valence-electron chi connectivity index (χ1n) is 7.22. The van der Waals surface area contributed by atoms with E-state index in [0.717, 1.165) is 15.7 Å². The molecule has 3 aromatic rings. The molecule has 0 saturated heterocycles. The molecular weight excluding hydrogens is 448 g/mol. The summed E-state index contributed by atoms with van der Waals surface area (Å²) in [6, 6.07) is 7.94. The maximum absolute atomic E-state index is 13.3. The van der Waals surface area contributed by atoms with Crippen molar-refractivity contribution in [3.8, 4) is 5.69 Å². The molecule has 0 saturated carbocycles. The largest absolute Gasteiger partial charge is 0.418 e. The zero-order chi connectivity index (χ0) is 18.5. The van der Waals surface area contributed by atoms with Crippen LogP contribution >= 0.6 is 22.6 Å². The molecule has 0 aliphatic carbocycles. The smallest absolute Gasteiger partial charge is 0.296 e. The fourth-order valence-corrected chi connectivity index (χ4v) is 3.24. The average Bonchev–Trinajstić information content (AvgIpc) is 2.55. The summed E-state index contributed by atoms with van der Waals surface area (Å²) in [4.78, 5) is 25.6. The van der Waals surface area contributed by atoms with Crippen LogP contribution in [0.15, 0.2) is 46.0 Å². The van der Waals surface area contributed by atoms with E-state index in [1.54, 1.807) is 19.1 Å². The lowest BCUT2D eigenvalue weighted by Crippen LogP contribution is -2.39. The highest BCUT2D eigenvalue weighted by molar-refractivity contribution is 14.1. The molecule has 0 aliphatic rings. The molecule has 25 heavy (non-hydrogen) atoms. The molecule has 1 aromatic heterocycles. The van der Waals surface area contributed by atoms with Crippen molar-refractivity contribution in [1.29, 1.82) is 0 Å². The Morgan fingerprint density at radius 3 is 2.32 bits per heavy atom. The van der Waals surface area contributed by atoms with Crippen LogP contribution in [-0.2, 0) is 13.2 Å². The van der Waals surface area contributed by atoms with Crippen molar-refractivity contribution in [3.63, 3.8) is 0 Å². The van der Waals surface area contributed by atoms with Gasteiger partial charge in [0.15, 0.2) is 0 Å². The normalized spacial score (nSPS) is 11.9. The minimum absolute atomic E-state index is 0.228. The predicted octanol–water partition coefficient (Wildman–Crippen LogP) is 3.62. The fourth-order valence-electron chi connectivity index (χ4n) is 2.79. The number of halogens is 4. The van der Waals surface area contributed by atoms with E-state index in [0.29, 0.717) is 15.6 Å². The zero-order valence-electron chi connectivity index (χ0n) is 13.2. The number of alkyl halides is 3. The van der Waals surface area contributed by atoms with Crippen LogP contribution in [0.2, 0.25) is 0 Å². The molecule has 0 fully saturated rings. The second kappa shape index (κ2) is 6.01. The first kappa shape index (κ1) is 17.7. The van der Waals surface area contributed by atoms with Gasteiger partial charge in [0.1, 0.15) is 0 Å². The maximum atomic E-state index is 13.3. The van der Waals surface area contributed by atoms with Crippen LogP contribution in [0.25, 0.3) is 16.6 Å². The zero-order valence-corrected chi connectivity index (χ0v) is 15.3. The molecule has 0 N–H and O–H groups in total. The molecule has 0 spiro atoms. The van der Waals surface area contributed by atoms with Crippen molar-refractivity contribution in [2.75, 3.05) is 0 Å². The van der Waals surface area contributed by atoms with Gasteiger partial charge in [-0.25, -0.2) is 9.36 Å². The van der Waals surface area contributed by atoms with Gasteiger partial charge < -0.3 is 0 Å². The molecule has 0 amide bonds. The van der Waals surface area contributed by atoms with Crippen molar-refractivity contribution in [3.05, 3.63) is 71.9 Å². The summed E-state index contributed by atoms with van der Waals surface area (Å²) in [5, 5.41) is 0.228. The Bertz CT molecular complexity index is 1110. The van der Waals surface area contributed by atoms with Crippen molar-refractivity contribution in [2.24, 2.45) is 7.05 Å². The van der Waals surface area contributed by atoms with Gasteiger partial charge in [0, 0.05) is 10.6 Å². The molecule has 130 valence electrons. The number of nitrogens with zero attached hydrogens (tertiary/aromatic N) is 2. The summed E-state index contributed by atoms with van der Waals surface area (Å²) in [6.45, 7) is 1.70. The van der Waals surface area contributed by atoms with Gasteiger partial charge in [0.05, 0.1) is 22.2 Å². The highest BCUT2D eigenvalue weighted by atomic mass is 127. The van der Waals surface area contributed by atoms with Crippen molar-refractivity contribution >= 4 is 33.5 Å². The molecule has 0 unspecified atom stereocenters. The second-order valence-electron chi connectivity index (χ2n) is 5.56. The third-order valence-electron chi connectivity index (χ3n) is 4.08. The molecule has 1 heterocycles. The van der Waals surface area contributed by atoms with E-state index in [-0.39, 0.29) is 5.39 Å². The number of rotatable bonds is 1. The highest BCUT2D eigenvalue weighted by Gasteiger charge is 2.34. The minimum atomic E-state index is -4.68. The van der Waals surface area contributed by atoms with Crippen molar-refractivity contribution in [1.82, 2.24) is 9.13 Å². The number of aromatic nitrogens is 2. The second-order valence-corrected chi connectivity index (χ2v) is 6.73. The highest BCUT2D eigenvalue weighted by Crippen LogP contribution is 2.33. The molecule has 0 radical (unpaired) electrons. The lowest BCUT2D eigenvalue weighted by atomic mass is 10.1. The lowest BCUT2D eigenvalue weighted by Gasteiger charge is -2.16. The van der Waals surface area contributed by atoms with Gasteiger partial charge in [0.2, 0.25) is 0 Å². The van der Waals surface area contributed by atoms with Gasteiger partial charge in [-0.2, -0.15) is 13.2 Å². The quantitative estimate of drug-likeness (QED) is 0.521. The Morgan fingerprint density at radius 1 is 1.04 bits per heavy atom. The van der Waals surface area contributed by atoms with E-state index in [1.165, 1.54) is 23.7 Å². The van der Waals surface area contributed by atoms with Crippen LogP contribution < -0.4 is 11.2 Å². The molecule has 0 bridgehead atoms. The minimum Gasteiger partial charge on any atom is -0.296 e. The van der Waals surface area contributed by atoms with E-state index in [2.05, 4.69) is 0 Å². The molecular formula is C17H12F3IN2O2. The van der Waals surface area contributed by atoms with Crippen LogP contribution in [0.3, 0.4) is 0 Å². The van der Waals surface area contributed by atoms with E-state index in [1.807, 2.05) is 22.6 Å². The monoisotopic (exact) mass is 460 g/mol. The number of hydrogen-bond acceptors (Lipinski definition) is 2. The summed E-state index contributed by atoms with van der Waals surface area (Å²) in [5.41, 5.74) is -2.08. The van der Waals surface area contributed by atoms with Gasteiger partial charge in [-0.1, -0.05) is 12.1 Å².